The lowest BCUT2D eigenvalue weighted by atomic mass is 10.3. The van der Waals surface area contributed by atoms with Crippen LogP contribution in [0.1, 0.15) is 19.7 Å². The van der Waals surface area contributed by atoms with E-state index in [9.17, 15) is 0 Å². The average molecular weight is 246 g/mol. The Labute approximate surface area is 107 Å². The van der Waals surface area contributed by atoms with Gasteiger partial charge >= 0.3 is 0 Å². The van der Waals surface area contributed by atoms with E-state index in [-0.39, 0.29) is 6.10 Å². The van der Waals surface area contributed by atoms with Crippen molar-refractivity contribution < 1.29 is 4.74 Å². The fourth-order valence-electron chi connectivity index (χ4n) is 1.73. The number of hydrogen-bond acceptors (Lipinski definition) is 4. The van der Waals surface area contributed by atoms with Gasteiger partial charge in [-0.15, -0.1) is 10.2 Å². The van der Waals surface area contributed by atoms with Gasteiger partial charge in [-0.25, -0.2) is 0 Å². The molecule has 2 rings (SSSR count). The molecule has 0 radical (unpaired) electrons. The standard InChI is InChI=1S/C13H18N4O/c1-10(2)18-12-5-3-11(4-6-12)17-9-15-16-13(17)7-8-14/h3-6,9-10H,7-8,14H2,1-2H3. The molecular formula is C13H18N4O. The third-order valence-corrected chi connectivity index (χ3v) is 2.47. The Morgan fingerprint density at radius 1 is 1.28 bits per heavy atom. The summed E-state index contributed by atoms with van der Waals surface area (Å²) >= 11 is 0. The first-order valence-corrected chi connectivity index (χ1v) is 6.06. The minimum atomic E-state index is 0.179. The molecule has 0 aliphatic rings. The van der Waals surface area contributed by atoms with E-state index in [4.69, 9.17) is 10.5 Å². The van der Waals surface area contributed by atoms with E-state index in [0.29, 0.717) is 13.0 Å². The van der Waals surface area contributed by atoms with Gasteiger partial charge < -0.3 is 10.5 Å². The molecule has 0 atom stereocenters. The molecule has 18 heavy (non-hydrogen) atoms. The van der Waals surface area contributed by atoms with E-state index in [1.165, 1.54) is 0 Å². The van der Waals surface area contributed by atoms with Crippen LogP contribution in [0.15, 0.2) is 30.6 Å². The molecular weight excluding hydrogens is 228 g/mol. The summed E-state index contributed by atoms with van der Waals surface area (Å²) in [5.41, 5.74) is 6.56. The van der Waals surface area contributed by atoms with Crippen molar-refractivity contribution in [3.8, 4) is 11.4 Å². The van der Waals surface area contributed by atoms with E-state index in [2.05, 4.69) is 10.2 Å². The molecule has 5 heteroatoms. The molecule has 96 valence electrons. The Kier molecular flexibility index (Phi) is 3.94. The van der Waals surface area contributed by atoms with Crippen molar-refractivity contribution in [3.05, 3.63) is 36.4 Å². The SMILES string of the molecule is CC(C)Oc1ccc(-n2cnnc2CCN)cc1. The Hall–Kier alpha value is -1.88. The number of aromatic nitrogens is 3. The van der Waals surface area contributed by atoms with Gasteiger partial charge in [-0.3, -0.25) is 4.57 Å². The van der Waals surface area contributed by atoms with Gasteiger partial charge in [-0.05, 0) is 44.7 Å². The largest absolute Gasteiger partial charge is 0.491 e. The maximum Gasteiger partial charge on any atom is 0.138 e. The van der Waals surface area contributed by atoms with Crippen LogP contribution in [0.3, 0.4) is 0 Å². The third-order valence-electron chi connectivity index (χ3n) is 2.47. The minimum absolute atomic E-state index is 0.179. The maximum atomic E-state index is 5.60. The Balaban J connectivity index is 2.20. The second-order valence-electron chi connectivity index (χ2n) is 4.32. The second kappa shape index (κ2) is 5.64. The van der Waals surface area contributed by atoms with Gasteiger partial charge in [0.2, 0.25) is 0 Å². The van der Waals surface area contributed by atoms with E-state index in [1.807, 2.05) is 42.7 Å². The van der Waals surface area contributed by atoms with Crippen molar-refractivity contribution in [2.75, 3.05) is 6.54 Å². The first-order chi connectivity index (χ1) is 8.70. The van der Waals surface area contributed by atoms with E-state index in [0.717, 1.165) is 17.3 Å². The van der Waals surface area contributed by atoms with Gasteiger partial charge in [0.25, 0.3) is 0 Å². The molecule has 0 aliphatic carbocycles. The fourth-order valence-corrected chi connectivity index (χ4v) is 1.73. The lowest BCUT2D eigenvalue weighted by Gasteiger charge is -2.11. The third kappa shape index (κ3) is 2.87. The molecule has 0 bridgehead atoms. The maximum absolute atomic E-state index is 5.60. The van der Waals surface area contributed by atoms with E-state index in [1.54, 1.807) is 6.33 Å². The molecule has 0 amide bonds. The van der Waals surface area contributed by atoms with Crippen molar-refractivity contribution in [2.24, 2.45) is 5.73 Å². The van der Waals surface area contributed by atoms with Gasteiger partial charge in [0.1, 0.15) is 17.9 Å². The van der Waals surface area contributed by atoms with Crippen LogP contribution in [0.5, 0.6) is 5.75 Å². The van der Waals surface area contributed by atoms with Gasteiger partial charge in [0.05, 0.1) is 6.10 Å². The number of hydrogen-bond donors (Lipinski definition) is 1. The number of benzene rings is 1. The molecule has 2 N–H and O–H groups in total. The predicted molar refractivity (Wildman–Crippen MR) is 69.9 cm³/mol. The fraction of sp³-hybridized carbons (Fsp3) is 0.385. The molecule has 0 aliphatic heterocycles. The van der Waals surface area contributed by atoms with E-state index >= 15 is 0 Å². The molecule has 0 unspecified atom stereocenters. The minimum Gasteiger partial charge on any atom is -0.491 e. The smallest absolute Gasteiger partial charge is 0.138 e. The van der Waals surface area contributed by atoms with Crippen LogP contribution in [0.4, 0.5) is 0 Å². The zero-order valence-electron chi connectivity index (χ0n) is 10.7. The summed E-state index contributed by atoms with van der Waals surface area (Å²) in [6.45, 7) is 4.58. The Bertz CT molecular complexity index is 490. The average Bonchev–Trinajstić information content (AvgIpc) is 2.78. The highest BCUT2D eigenvalue weighted by atomic mass is 16.5. The van der Waals surface area contributed by atoms with Gasteiger partial charge in [-0.1, -0.05) is 0 Å². The zero-order chi connectivity index (χ0) is 13.0. The first-order valence-electron chi connectivity index (χ1n) is 6.06. The van der Waals surface area contributed by atoms with Crippen LogP contribution in [0.2, 0.25) is 0 Å². The van der Waals surface area contributed by atoms with Crippen molar-refractivity contribution in [1.82, 2.24) is 14.8 Å². The Morgan fingerprint density at radius 2 is 2.00 bits per heavy atom. The molecule has 2 aromatic rings. The van der Waals surface area contributed by atoms with Crippen LogP contribution >= 0.6 is 0 Å². The summed E-state index contributed by atoms with van der Waals surface area (Å²) in [7, 11) is 0. The predicted octanol–water partition coefficient (Wildman–Crippen LogP) is 1.56. The van der Waals surface area contributed by atoms with Crippen molar-refractivity contribution in [1.29, 1.82) is 0 Å². The number of rotatable bonds is 5. The van der Waals surface area contributed by atoms with Crippen LogP contribution in [-0.4, -0.2) is 27.4 Å². The van der Waals surface area contributed by atoms with Gasteiger partial charge in [0, 0.05) is 12.1 Å². The molecule has 1 aromatic heterocycles. The summed E-state index contributed by atoms with van der Waals surface area (Å²) in [4.78, 5) is 0. The number of ether oxygens (including phenoxy) is 1. The van der Waals surface area contributed by atoms with Crippen LogP contribution in [0.25, 0.3) is 5.69 Å². The lowest BCUT2D eigenvalue weighted by Crippen LogP contribution is -2.09. The topological polar surface area (TPSA) is 66.0 Å². The van der Waals surface area contributed by atoms with Crippen LogP contribution in [-0.2, 0) is 6.42 Å². The molecule has 0 spiro atoms. The van der Waals surface area contributed by atoms with E-state index < -0.39 is 0 Å². The molecule has 5 nitrogen and oxygen atoms in total. The van der Waals surface area contributed by atoms with Gasteiger partial charge in [-0.2, -0.15) is 0 Å². The zero-order valence-corrected chi connectivity index (χ0v) is 10.7. The van der Waals surface area contributed by atoms with Crippen LogP contribution in [0, 0.1) is 0 Å². The Morgan fingerprint density at radius 3 is 2.61 bits per heavy atom. The highest BCUT2D eigenvalue weighted by molar-refractivity contribution is 5.38. The highest BCUT2D eigenvalue weighted by Crippen LogP contribution is 2.17. The molecule has 1 heterocycles. The molecule has 0 saturated carbocycles. The summed E-state index contributed by atoms with van der Waals surface area (Å²) in [5.74, 6) is 1.73. The second-order valence-corrected chi connectivity index (χ2v) is 4.32. The van der Waals surface area contributed by atoms with Crippen molar-refractivity contribution in [3.63, 3.8) is 0 Å². The normalized spacial score (nSPS) is 10.9. The van der Waals surface area contributed by atoms with Crippen LogP contribution < -0.4 is 10.5 Å². The monoisotopic (exact) mass is 246 g/mol. The first kappa shape index (κ1) is 12.6. The molecule has 0 fully saturated rings. The lowest BCUT2D eigenvalue weighted by molar-refractivity contribution is 0.242. The number of nitrogens with zero attached hydrogens (tertiary/aromatic N) is 3. The van der Waals surface area contributed by atoms with Crippen molar-refractivity contribution in [2.45, 2.75) is 26.4 Å². The summed E-state index contributed by atoms with van der Waals surface area (Å²) in [5, 5.41) is 7.97. The quantitative estimate of drug-likeness (QED) is 0.869. The number of nitrogens with two attached hydrogens (primary N) is 1. The summed E-state index contributed by atoms with van der Waals surface area (Å²) in [6.07, 6.45) is 2.59. The summed E-state index contributed by atoms with van der Waals surface area (Å²) < 4.78 is 7.54. The highest BCUT2D eigenvalue weighted by Gasteiger charge is 2.05. The molecule has 1 aromatic carbocycles. The summed E-state index contributed by atoms with van der Waals surface area (Å²) in [6, 6.07) is 7.87. The van der Waals surface area contributed by atoms with Crippen molar-refractivity contribution >= 4 is 0 Å². The van der Waals surface area contributed by atoms with Gasteiger partial charge in [0.15, 0.2) is 0 Å². The molecule has 0 saturated heterocycles.